The van der Waals surface area contributed by atoms with E-state index in [1.165, 1.54) is 6.07 Å². The van der Waals surface area contributed by atoms with Crippen molar-refractivity contribution in [3.05, 3.63) is 35.5 Å². The number of hydrogen-bond donors (Lipinski definition) is 1. The van der Waals surface area contributed by atoms with Crippen molar-refractivity contribution < 1.29 is 17.7 Å². The highest BCUT2D eigenvalue weighted by atomic mass is 19.4. The lowest BCUT2D eigenvalue weighted by atomic mass is 9.82. The molecule has 2 aromatic rings. The maximum atomic E-state index is 12.8. The van der Waals surface area contributed by atoms with Crippen LogP contribution in [0.4, 0.5) is 19.1 Å². The number of rotatable bonds is 3. The van der Waals surface area contributed by atoms with Gasteiger partial charge in [-0.2, -0.15) is 13.2 Å². The van der Waals surface area contributed by atoms with Crippen LogP contribution in [0.5, 0.6) is 0 Å². The number of nitrogens with zero attached hydrogens (tertiary/aromatic N) is 1. The number of nitrogen functional groups attached to an aromatic ring is 1. The second-order valence-corrected chi connectivity index (χ2v) is 5.59. The smallest absolute Gasteiger partial charge is 0.367 e. The fraction of sp³-hybridized carbons (Fsp3) is 0.400. The minimum Gasteiger partial charge on any atom is -0.367 e. The maximum Gasteiger partial charge on any atom is 0.416 e. The molecule has 0 amide bonds. The summed E-state index contributed by atoms with van der Waals surface area (Å²) in [5.41, 5.74) is 6.08. The molecule has 1 heterocycles. The van der Waals surface area contributed by atoms with Crippen molar-refractivity contribution in [1.29, 1.82) is 0 Å². The summed E-state index contributed by atoms with van der Waals surface area (Å²) in [4.78, 5) is 0. The zero-order valence-corrected chi connectivity index (χ0v) is 12.1. The average molecular weight is 298 g/mol. The minimum absolute atomic E-state index is 0.0332. The van der Waals surface area contributed by atoms with Crippen LogP contribution in [-0.2, 0) is 11.6 Å². The summed E-state index contributed by atoms with van der Waals surface area (Å²) >= 11 is 0. The highest BCUT2D eigenvalue weighted by Gasteiger charge is 2.33. The Morgan fingerprint density at radius 2 is 1.90 bits per heavy atom. The van der Waals surface area contributed by atoms with Crippen molar-refractivity contribution in [3.8, 4) is 11.1 Å². The third-order valence-corrected chi connectivity index (χ3v) is 3.72. The van der Waals surface area contributed by atoms with E-state index in [1.54, 1.807) is 6.07 Å². The number of anilines is 1. The Bertz CT molecular complexity index is 645. The topological polar surface area (TPSA) is 52.0 Å². The molecule has 0 saturated carbocycles. The van der Waals surface area contributed by atoms with E-state index in [0.717, 1.165) is 18.6 Å². The van der Waals surface area contributed by atoms with Crippen LogP contribution in [0.25, 0.3) is 11.1 Å². The lowest BCUT2D eigenvalue weighted by Crippen LogP contribution is -2.17. The van der Waals surface area contributed by atoms with Gasteiger partial charge in [0.2, 0.25) is 5.88 Å². The van der Waals surface area contributed by atoms with Crippen LogP contribution in [0.1, 0.15) is 38.4 Å². The highest BCUT2D eigenvalue weighted by Crippen LogP contribution is 2.40. The fourth-order valence-electron chi connectivity index (χ4n) is 2.06. The number of benzene rings is 1. The number of alkyl halides is 3. The molecule has 0 fully saturated rings. The summed E-state index contributed by atoms with van der Waals surface area (Å²) < 4.78 is 43.5. The zero-order chi connectivity index (χ0) is 15.8. The number of nitrogens with two attached hydrogens (primary N) is 1. The maximum absolute atomic E-state index is 12.8. The van der Waals surface area contributed by atoms with Crippen molar-refractivity contribution in [1.82, 2.24) is 5.16 Å². The van der Waals surface area contributed by atoms with Crippen LogP contribution >= 0.6 is 0 Å². The van der Waals surface area contributed by atoms with Gasteiger partial charge < -0.3 is 10.3 Å². The van der Waals surface area contributed by atoms with Crippen LogP contribution < -0.4 is 5.73 Å². The second-order valence-electron chi connectivity index (χ2n) is 5.59. The molecular weight excluding hydrogens is 281 g/mol. The van der Waals surface area contributed by atoms with Crippen LogP contribution in [0.2, 0.25) is 0 Å². The molecule has 0 aliphatic rings. The van der Waals surface area contributed by atoms with Crippen molar-refractivity contribution in [2.24, 2.45) is 0 Å². The summed E-state index contributed by atoms with van der Waals surface area (Å²) in [7, 11) is 0. The first kappa shape index (κ1) is 15.4. The highest BCUT2D eigenvalue weighted by molar-refractivity contribution is 5.76. The van der Waals surface area contributed by atoms with Gasteiger partial charge in [-0.25, -0.2) is 0 Å². The molecule has 0 aliphatic heterocycles. The average Bonchev–Trinajstić information content (AvgIpc) is 2.80. The van der Waals surface area contributed by atoms with Gasteiger partial charge in [0, 0.05) is 5.41 Å². The molecular formula is C15H17F3N2O. The van der Waals surface area contributed by atoms with E-state index in [0.29, 0.717) is 16.8 Å². The molecule has 0 unspecified atom stereocenters. The quantitative estimate of drug-likeness (QED) is 0.898. The van der Waals surface area contributed by atoms with Crippen molar-refractivity contribution in [3.63, 3.8) is 0 Å². The van der Waals surface area contributed by atoms with E-state index in [2.05, 4.69) is 5.16 Å². The monoisotopic (exact) mass is 298 g/mol. The zero-order valence-electron chi connectivity index (χ0n) is 12.1. The summed E-state index contributed by atoms with van der Waals surface area (Å²) in [6, 6.07) is 5.02. The van der Waals surface area contributed by atoms with Gasteiger partial charge in [-0.15, -0.1) is 0 Å². The molecule has 2 rings (SSSR count). The first-order valence-electron chi connectivity index (χ1n) is 6.60. The Morgan fingerprint density at radius 3 is 2.48 bits per heavy atom. The molecule has 0 atom stereocenters. The van der Waals surface area contributed by atoms with Crippen molar-refractivity contribution in [2.45, 2.75) is 38.8 Å². The Balaban J connectivity index is 2.61. The van der Waals surface area contributed by atoms with Gasteiger partial charge in [0.15, 0.2) is 0 Å². The van der Waals surface area contributed by atoms with Gasteiger partial charge in [0.05, 0.1) is 16.8 Å². The molecule has 3 nitrogen and oxygen atoms in total. The Labute approximate surface area is 120 Å². The summed E-state index contributed by atoms with van der Waals surface area (Å²) in [6.45, 7) is 5.86. The first-order valence-corrected chi connectivity index (χ1v) is 6.60. The van der Waals surface area contributed by atoms with E-state index in [-0.39, 0.29) is 11.3 Å². The van der Waals surface area contributed by atoms with Gasteiger partial charge in [-0.3, -0.25) is 0 Å². The van der Waals surface area contributed by atoms with E-state index in [4.69, 9.17) is 10.3 Å². The van der Waals surface area contributed by atoms with Gasteiger partial charge in [0.25, 0.3) is 0 Å². The molecule has 21 heavy (non-hydrogen) atoms. The number of aromatic nitrogens is 1. The van der Waals surface area contributed by atoms with E-state index in [1.807, 2.05) is 20.8 Å². The van der Waals surface area contributed by atoms with Gasteiger partial charge in [-0.05, 0) is 24.1 Å². The first-order chi connectivity index (χ1) is 9.66. The van der Waals surface area contributed by atoms with Crippen LogP contribution in [0.15, 0.2) is 28.8 Å². The van der Waals surface area contributed by atoms with Crippen LogP contribution in [0, 0.1) is 0 Å². The normalized spacial score (nSPS) is 12.7. The lowest BCUT2D eigenvalue weighted by Gasteiger charge is -2.21. The lowest BCUT2D eigenvalue weighted by molar-refractivity contribution is -0.137. The SMILES string of the molecule is CCC(C)(C)c1noc(N)c1-c1cccc(C(F)(F)F)c1. The molecule has 6 heteroatoms. The van der Waals surface area contributed by atoms with E-state index < -0.39 is 11.7 Å². The standard InChI is InChI=1S/C15H17F3N2O/c1-4-14(2,3)12-11(13(19)21-20-12)9-6-5-7-10(8-9)15(16,17)18/h5-8H,4,19H2,1-3H3. The van der Waals surface area contributed by atoms with Gasteiger partial charge in [0.1, 0.15) is 0 Å². The second kappa shape index (κ2) is 5.09. The molecule has 2 N–H and O–H groups in total. The van der Waals surface area contributed by atoms with Crippen molar-refractivity contribution in [2.75, 3.05) is 5.73 Å². The van der Waals surface area contributed by atoms with E-state index in [9.17, 15) is 13.2 Å². The van der Waals surface area contributed by atoms with E-state index >= 15 is 0 Å². The molecule has 114 valence electrons. The number of hydrogen-bond acceptors (Lipinski definition) is 3. The Morgan fingerprint density at radius 1 is 1.24 bits per heavy atom. The predicted octanol–water partition coefficient (Wildman–Crippen LogP) is 4.63. The summed E-state index contributed by atoms with van der Waals surface area (Å²) in [5.74, 6) is 0.0332. The fourth-order valence-corrected chi connectivity index (χ4v) is 2.06. The number of halogens is 3. The molecule has 0 bridgehead atoms. The van der Waals surface area contributed by atoms with Crippen molar-refractivity contribution >= 4 is 5.88 Å². The summed E-state index contributed by atoms with van der Waals surface area (Å²) in [6.07, 6.45) is -3.65. The minimum atomic E-state index is -4.40. The summed E-state index contributed by atoms with van der Waals surface area (Å²) in [5, 5.41) is 3.95. The van der Waals surface area contributed by atoms with Crippen LogP contribution in [0.3, 0.4) is 0 Å². The Kier molecular flexibility index (Phi) is 3.74. The molecule has 0 radical (unpaired) electrons. The molecule has 1 aromatic carbocycles. The molecule has 1 aromatic heterocycles. The third-order valence-electron chi connectivity index (χ3n) is 3.72. The largest absolute Gasteiger partial charge is 0.416 e. The Hall–Kier alpha value is -1.98. The molecule has 0 aliphatic carbocycles. The predicted molar refractivity (Wildman–Crippen MR) is 74.7 cm³/mol. The molecule has 0 saturated heterocycles. The van der Waals surface area contributed by atoms with Gasteiger partial charge in [-0.1, -0.05) is 38.1 Å². The van der Waals surface area contributed by atoms with Gasteiger partial charge >= 0.3 is 6.18 Å². The molecule has 0 spiro atoms. The third kappa shape index (κ3) is 2.89. The van der Waals surface area contributed by atoms with Crippen LogP contribution in [-0.4, -0.2) is 5.16 Å².